The number of piperazine rings is 1. The van der Waals surface area contributed by atoms with Crippen molar-refractivity contribution in [2.75, 3.05) is 53.5 Å². The number of likely N-dealkylation sites (N-methyl/N-ethyl adjacent to an activating group) is 1. The summed E-state index contributed by atoms with van der Waals surface area (Å²) in [6.07, 6.45) is 2.33. The molecule has 1 atom stereocenters. The quantitative estimate of drug-likeness (QED) is 0.582. The first-order valence-corrected chi connectivity index (χ1v) is 5.94. The van der Waals surface area contributed by atoms with Gasteiger partial charge < -0.3 is 20.3 Å². The molecule has 15 heavy (non-hydrogen) atoms. The molecular formula is C11H25N3O. The summed E-state index contributed by atoms with van der Waals surface area (Å²) in [5, 5.41) is 6.99. The molecular weight excluding hydrogens is 190 g/mol. The number of methoxy groups -OCH3 is 1. The molecule has 1 unspecified atom stereocenters. The van der Waals surface area contributed by atoms with Crippen molar-refractivity contribution in [1.82, 2.24) is 15.5 Å². The van der Waals surface area contributed by atoms with Crippen LogP contribution in [0.4, 0.5) is 0 Å². The van der Waals surface area contributed by atoms with Gasteiger partial charge in [0.2, 0.25) is 0 Å². The van der Waals surface area contributed by atoms with E-state index >= 15 is 0 Å². The van der Waals surface area contributed by atoms with Gasteiger partial charge in [-0.25, -0.2) is 0 Å². The van der Waals surface area contributed by atoms with Gasteiger partial charge in [-0.05, 0) is 33.0 Å². The van der Waals surface area contributed by atoms with Gasteiger partial charge in [-0.1, -0.05) is 0 Å². The normalized spacial score (nSPS) is 23.2. The lowest BCUT2D eigenvalue weighted by Gasteiger charge is -2.30. The molecule has 90 valence electrons. The number of hydrogen-bond donors (Lipinski definition) is 2. The molecule has 1 heterocycles. The minimum atomic E-state index is 0.665. The Bertz CT molecular complexity index is 155. The summed E-state index contributed by atoms with van der Waals surface area (Å²) in [4.78, 5) is 2.39. The molecule has 4 heteroatoms. The van der Waals surface area contributed by atoms with Crippen molar-refractivity contribution in [3.05, 3.63) is 0 Å². The Morgan fingerprint density at radius 2 is 2.33 bits per heavy atom. The van der Waals surface area contributed by atoms with Crippen LogP contribution in [0.2, 0.25) is 0 Å². The standard InChI is InChI=1S/C11H25N3O/c1-14-8-7-13-11(10-14)4-6-12-5-3-9-15-2/h11-13H,3-10H2,1-2H3. The first-order valence-electron chi connectivity index (χ1n) is 5.94. The smallest absolute Gasteiger partial charge is 0.0474 e. The Labute approximate surface area is 93.4 Å². The number of ether oxygens (including phenoxy) is 1. The molecule has 0 bridgehead atoms. The van der Waals surface area contributed by atoms with Crippen molar-refractivity contribution in [1.29, 1.82) is 0 Å². The van der Waals surface area contributed by atoms with E-state index in [0.29, 0.717) is 6.04 Å². The lowest BCUT2D eigenvalue weighted by Crippen LogP contribution is -2.49. The second-order valence-electron chi connectivity index (χ2n) is 4.30. The monoisotopic (exact) mass is 215 g/mol. The Balaban J connectivity index is 1.90. The van der Waals surface area contributed by atoms with Crippen LogP contribution in [-0.4, -0.2) is 64.4 Å². The van der Waals surface area contributed by atoms with E-state index in [4.69, 9.17) is 4.74 Å². The maximum Gasteiger partial charge on any atom is 0.0474 e. The van der Waals surface area contributed by atoms with Crippen LogP contribution in [0.1, 0.15) is 12.8 Å². The number of hydrogen-bond acceptors (Lipinski definition) is 4. The van der Waals surface area contributed by atoms with Gasteiger partial charge in [-0.3, -0.25) is 0 Å². The molecule has 0 aromatic carbocycles. The van der Waals surface area contributed by atoms with Crippen LogP contribution in [0.15, 0.2) is 0 Å². The van der Waals surface area contributed by atoms with Gasteiger partial charge in [0, 0.05) is 39.4 Å². The van der Waals surface area contributed by atoms with Crippen molar-refractivity contribution in [2.45, 2.75) is 18.9 Å². The van der Waals surface area contributed by atoms with Gasteiger partial charge in [-0.2, -0.15) is 0 Å². The third kappa shape index (κ3) is 6.10. The van der Waals surface area contributed by atoms with E-state index in [9.17, 15) is 0 Å². The second kappa shape index (κ2) is 8.05. The summed E-state index contributed by atoms with van der Waals surface area (Å²) >= 11 is 0. The number of rotatable bonds is 7. The van der Waals surface area contributed by atoms with E-state index < -0.39 is 0 Å². The summed E-state index contributed by atoms with van der Waals surface area (Å²) in [5.41, 5.74) is 0. The Morgan fingerprint density at radius 1 is 1.47 bits per heavy atom. The molecule has 1 fully saturated rings. The molecule has 4 nitrogen and oxygen atoms in total. The minimum absolute atomic E-state index is 0.665. The van der Waals surface area contributed by atoms with Gasteiger partial charge in [0.25, 0.3) is 0 Å². The van der Waals surface area contributed by atoms with Gasteiger partial charge in [-0.15, -0.1) is 0 Å². The molecule has 0 radical (unpaired) electrons. The zero-order chi connectivity index (χ0) is 10.9. The zero-order valence-corrected chi connectivity index (χ0v) is 10.1. The first kappa shape index (κ1) is 12.9. The molecule has 0 aromatic rings. The lowest BCUT2D eigenvalue weighted by molar-refractivity contribution is 0.193. The van der Waals surface area contributed by atoms with Gasteiger partial charge in [0.1, 0.15) is 0 Å². The highest BCUT2D eigenvalue weighted by Crippen LogP contribution is 1.99. The zero-order valence-electron chi connectivity index (χ0n) is 10.1. The Hall–Kier alpha value is -0.160. The minimum Gasteiger partial charge on any atom is -0.385 e. The van der Waals surface area contributed by atoms with Crippen LogP contribution in [-0.2, 0) is 4.74 Å². The van der Waals surface area contributed by atoms with Crippen molar-refractivity contribution < 1.29 is 4.74 Å². The molecule has 2 N–H and O–H groups in total. The highest BCUT2D eigenvalue weighted by molar-refractivity contribution is 4.77. The second-order valence-corrected chi connectivity index (χ2v) is 4.30. The molecule has 0 spiro atoms. The fourth-order valence-corrected chi connectivity index (χ4v) is 1.93. The summed E-state index contributed by atoms with van der Waals surface area (Å²) in [6.45, 7) is 6.52. The van der Waals surface area contributed by atoms with Crippen LogP contribution >= 0.6 is 0 Å². The van der Waals surface area contributed by atoms with Crippen molar-refractivity contribution in [2.24, 2.45) is 0 Å². The Morgan fingerprint density at radius 3 is 3.07 bits per heavy atom. The van der Waals surface area contributed by atoms with Crippen LogP contribution in [0.25, 0.3) is 0 Å². The fourth-order valence-electron chi connectivity index (χ4n) is 1.93. The molecule has 1 aliphatic heterocycles. The Kier molecular flexibility index (Phi) is 6.92. The van der Waals surface area contributed by atoms with Crippen molar-refractivity contribution >= 4 is 0 Å². The summed E-state index contributed by atoms with van der Waals surface area (Å²) in [6, 6.07) is 0.665. The third-order valence-electron chi connectivity index (χ3n) is 2.83. The van der Waals surface area contributed by atoms with E-state index in [1.807, 2.05) is 0 Å². The SMILES string of the molecule is COCCCNCCC1CN(C)CCN1. The molecule has 1 rings (SSSR count). The van der Waals surface area contributed by atoms with E-state index in [1.54, 1.807) is 7.11 Å². The van der Waals surface area contributed by atoms with Crippen molar-refractivity contribution in [3.8, 4) is 0 Å². The van der Waals surface area contributed by atoms with Gasteiger partial charge in [0.15, 0.2) is 0 Å². The van der Waals surface area contributed by atoms with E-state index in [1.165, 1.54) is 19.5 Å². The molecule has 1 saturated heterocycles. The highest BCUT2D eigenvalue weighted by Gasteiger charge is 2.15. The predicted octanol–water partition coefficient (Wildman–Crippen LogP) is -0.0938. The largest absolute Gasteiger partial charge is 0.385 e. The number of nitrogens with one attached hydrogen (secondary N) is 2. The maximum atomic E-state index is 4.99. The topological polar surface area (TPSA) is 36.5 Å². The summed E-state index contributed by atoms with van der Waals surface area (Å²) in [5.74, 6) is 0. The molecule has 1 aliphatic rings. The third-order valence-corrected chi connectivity index (χ3v) is 2.83. The summed E-state index contributed by atoms with van der Waals surface area (Å²) in [7, 11) is 3.95. The lowest BCUT2D eigenvalue weighted by atomic mass is 10.1. The van der Waals surface area contributed by atoms with Crippen LogP contribution < -0.4 is 10.6 Å². The summed E-state index contributed by atoms with van der Waals surface area (Å²) < 4.78 is 4.99. The van der Waals surface area contributed by atoms with E-state index in [0.717, 1.165) is 32.7 Å². The molecule has 0 saturated carbocycles. The molecule has 0 aliphatic carbocycles. The van der Waals surface area contributed by atoms with Crippen LogP contribution in [0.3, 0.4) is 0 Å². The average molecular weight is 215 g/mol. The predicted molar refractivity (Wildman–Crippen MR) is 63.3 cm³/mol. The van der Waals surface area contributed by atoms with Crippen LogP contribution in [0, 0.1) is 0 Å². The number of nitrogens with zero attached hydrogens (tertiary/aromatic N) is 1. The van der Waals surface area contributed by atoms with Crippen molar-refractivity contribution in [3.63, 3.8) is 0 Å². The fraction of sp³-hybridized carbons (Fsp3) is 1.00. The highest BCUT2D eigenvalue weighted by atomic mass is 16.5. The van der Waals surface area contributed by atoms with Crippen LogP contribution in [0.5, 0.6) is 0 Å². The molecule has 0 aromatic heterocycles. The van der Waals surface area contributed by atoms with Gasteiger partial charge >= 0.3 is 0 Å². The van der Waals surface area contributed by atoms with Gasteiger partial charge in [0.05, 0.1) is 0 Å². The van der Waals surface area contributed by atoms with E-state index in [2.05, 4.69) is 22.6 Å². The maximum absolute atomic E-state index is 4.99. The molecule has 0 amide bonds. The van der Waals surface area contributed by atoms with E-state index in [-0.39, 0.29) is 0 Å². The first-order chi connectivity index (χ1) is 7.33. The average Bonchev–Trinajstić information content (AvgIpc) is 2.23.